The summed E-state index contributed by atoms with van der Waals surface area (Å²) in [5, 5.41) is 4.12. The summed E-state index contributed by atoms with van der Waals surface area (Å²) < 4.78 is 43.3. The first-order chi connectivity index (χ1) is 14.7. The van der Waals surface area contributed by atoms with Crippen molar-refractivity contribution >= 4 is 11.6 Å². The van der Waals surface area contributed by atoms with E-state index in [4.69, 9.17) is 0 Å². The zero-order chi connectivity index (χ0) is 21.9. The van der Waals surface area contributed by atoms with Crippen LogP contribution in [0.5, 0.6) is 0 Å². The third-order valence-electron chi connectivity index (χ3n) is 6.48. The van der Waals surface area contributed by atoms with Crippen LogP contribution in [0.15, 0.2) is 30.3 Å². The van der Waals surface area contributed by atoms with Crippen LogP contribution in [0.4, 0.5) is 13.2 Å². The van der Waals surface area contributed by atoms with E-state index in [1.807, 2.05) is 19.1 Å². The van der Waals surface area contributed by atoms with Gasteiger partial charge in [0.25, 0.3) is 5.91 Å². The van der Waals surface area contributed by atoms with Crippen molar-refractivity contribution in [2.75, 3.05) is 6.54 Å². The number of amides is 1. The molecule has 0 spiro atoms. The number of likely N-dealkylation sites (tertiary alicyclic amines) is 1. The number of rotatable bonds is 1. The molecule has 2 atom stereocenters. The number of nitrogens with zero attached hydrogens (tertiary/aromatic N) is 4. The average molecular weight is 428 g/mol. The molecule has 5 nitrogen and oxygen atoms in total. The van der Waals surface area contributed by atoms with Gasteiger partial charge in [-0.25, -0.2) is 9.50 Å². The molecule has 0 N–H and O–H groups in total. The molecule has 2 aromatic heterocycles. The Morgan fingerprint density at radius 1 is 1.13 bits per heavy atom. The van der Waals surface area contributed by atoms with Gasteiger partial charge < -0.3 is 4.90 Å². The predicted octanol–water partition coefficient (Wildman–Crippen LogP) is 4.77. The molecular formula is C23H23F3N4O. The predicted molar refractivity (Wildman–Crippen MR) is 110 cm³/mol. The zero-order valence-electron chi connectivity index (χ0n) is 17.4. The van der Waals surface area contributed by atoms with Gasteiger partial charge in [0.05, 0.1) is 5.69 Å². The van der Waals surface area contributed by atoms with Crippen LogP contribution in [0.25, 0.3) is 16.9 Å². The maximum atomic E-state index is 14.2. The van der Waals surface area contributed by atoms with Gasteiger partial charge in [-0.1, -0.05) is 31.2 Å². The standard InChI is InChI=1S/C23H23F3N4O/c1-13-7-8-14(2)29(12-13)22(31)18-11-19-27-20-16-6-4-3-5-15(16)9-10-17(20)21(23(24,25)26)30(19)28-18/h3-6,11,13-14H,7-10,12H2,1-2H3/t13-,14+/m0/s1. The summed E-state index contributed by atoms with van der Waals surface area (Å²) >= 11 is 0. The topological polar surface area (TPSA) is 50.5 Å². The molecule has 1 saturated heterocycles. The highest BCUT2D eigenvalue weighted by Crippen LogP contribution is 2.40. The molecule has 3 aromatic rings. The van der Waals surface area contributed by atoms with Crippen molar-refractivity contribution in [2.45, 2.75) is 51.7 Å². The zero-order valence-corrected chi connectivity index (χ0v) is 17.4. The number of benzene rings is 1. The van der Waals surface area contributed by atoms with Gasteiger partial charge in [0.1, 0.15) is 0 Å². The first kappa shape index (κ1) is 20.0. The van der Waals surface area contributed by atoms with E-state index in [2.05, 4.69) is 17.0 Å². The Kier molecular flexibility index (Phi) is 4.57. The van der Waals surface area contributed by atoms with Crippen LogP contribution in [0.3, 0.4) is 0 Å². The number of aryl methyl sites for hydroxylation is 1. The molecule has 5 rings (SSSR count). The lowest BCUT2D eigenvalue weighted by Crippen LogP contribution is -2.45. The van der Waals surface area contributed by atoms with E-state index in [0.29, 0.717) is 30.1 Å². The van der Waals surface area contributed by atoms with Crippen LogP contribution in [0.2, 0.25) is 0 Å². The quantitative estimate of drug-likeness (QED) is 0.561. The molecule has 0 saturated carbocycles. The maximum Gasteiger partial charge on any atom is 0.433 e. The van der Waals surface area contributed by atoms with Gasteiger partial charge >= 0.3 is 6.18 Å². The number of fused-ring (bicyclic) bond motifs is 4. The van der Waals surface area contributed by atoms with E-state index in [1.54, 1.807) is 17.0 Å². The van der Waals surface area contributed by atoms with Crippen LogP contribution < -0.4 is 0 Å². The highest BCUT2D eigenvalue weighted by atomic mass is 19.4. The third kappa shape index (κ3) is 3.28. The van der Waals surface area contributed by atoms with E-state index < -0.39 is 11.9 Å². The molecule has 1 aliphatic carbocycles. The van der Waals surface area contributed by atoms with Crippen LogP contribution >= 0.6 is 0 Å². The van der Waals surface area contributed by atoms with Crippen molar-refractivity contribution < 1.29 is 18.0 Å². The number of piperidine rings is 1. The Balaban J connectivity index is 1.68. The third-order valence-corrected chi connectivity index (χ3v) is 6.48. The molecule has 0 unspecified atom stereocenters. The van der Waals surface area contributed by atoms with E-state index in [9.17, 15) is 18.0 Å². The van der Waals surface area contributed by atoms with Gasteiger partial charge in [-0.05, 0) is 44.1 Å². The summed E-state index contributed by atoms with van der Waals surface area (Å²) in [4.78, 5) is 19.4. The molecule has 1 fully saturated rings. The molecule has 0 bridgehead atoms. The summed E-state index contributed by atoms with van der Waals surface area (Å²) in [6, 6.07) is 8.82. The molecule has 8 heteroatoms. The molecule has 1 amide bonds. The molecule has 162 valence electrons. The second-order valence-corrected chi connectivity index (χ2v) is 8.73. The summed E-state index contributed by atoms with van der Waals surface area (Å²) in [5.74, 6) is 0.0147. The number of halogens is 3. The number of alkyl halides is 3. The largest absolute Gasteiger partial charge is 0.433 e. The number of carbonyl (C=O) groups is 1. The number of hydrogen-bond acceptors (Lipinski definition) is 3. The van der Waals surface area contributed by atoms with Gasteiger partial charge in [-0.3, -0.25) is 4.79 Å². The number of aromatic nitrogens is 3. The first-order valence-corrected chi connectivity index (χ1v) is 10.6. The molecule has 2 aliphatic rings. The van der Waals surface area contributed by atoms with E-state index >= 15 is 0 Å². The van der Waals surface area contributed by atoms with Crippen molar-refractivity contribution in [1.82, 2.24) is 19.5 Å². The number of carbonyl (C=O) groups excluding carboxylic acids is 1. The number of hydrogen-bond donors (Lipinski definition) is 0. The van der Waals surface area contributed by atoms with Crippen molar-refractivity contribution in [2.24, 2.45) is 5.92 Å². The van der Waals surface area contributed by atoms with Gasteiger partial charge in [-0.15, -0.1) is 0 Å². The van der Waals surface area contributed by atoms with Gasteiger partial charge in [0.15, 0.2) is 17.0 Å². The summed E-state index contributed by atoms with van der Waals surface area (Å²) in [7, 11) is 0. The molecule has 1 aliphatic heterocycles. The molecule has 0 radical (unpaired) electrons. The summed E-state index contributed by atoms with van der Waals surface area (Å²) in [6.07, 6.45) is -1.97. The Morgan fingerprint density at radius 3 is 2.68 bits per heavy atom. The van der Waals surface area contributed by atoms with Crippen molar-refractivity contribution in [3.05, 3.63) is 52.8 Å². The fraction of sp³-hybridized carbons (Fsp3) is 0.435. The lowest BCUT2D eigenvalue weighted by Gasteiger charge is -2.36. The maximum absolute atomic E-state index is 14.2. The Bertz CT molecular complexity index is 1180. The molecular weight excluding hydrogens is 405 g/mol. The Labute approximate surface area is 177 Å². The monoisotopic (exact) mass is 428 g/mol. The minimum absolute atomic E-state index is 0.00887. The van der Waals surface area contributed by atoms with Crippen molar-refractivity contribution in [1.29, 1.82) is 0 Å². The second kappa shape index (κ2) is 7.07. The second-order valence-electron chi connectivity index (χ2n) is 8.73. The normalized spacial score (nSPS) is 21.1. The SMILES string of the molecule is C[C@H]1CC[C@@H](C)N(C(=O)c2cc3nc4c(c(C(F)(F)F)n3n2)CCc2ccccc2-4)C1. The van der Waals surface area contributed by atoms with E-state index in [1.165, 1.54) is 6.07 Å². The van der Waals surface area contributed by atoms with E-state index in [0.717, 1.165) is 22.9 Å². The minimum Gasteiger partial charge on any atom is -0.334 e. The smallest absolute Gasteiger partial charge is 0.334 e. The van der Waals surface area contributed by atoms with Crippen molar-refractivity contribution in [3.8, 4) is 11.3 Å². The van der Waals surface area contributed by atoms with Gasteiger partial charge in [-0.2, -0.15) is 18.3 Å². The lowest BCUT2D eigenvalue weighted by atomic mass is 9.88. The summed E-state index contributed by atoms with van der Waals surface area (Å²) in [5.41, 5.74) is 1.39. The highest BCUT2D eigenvalue weighted by Gasteiger charge is 2.40. The lowest BCUT2D eigenvalue weighted by molar-refractivity contribution is -0.143. The highest BCUT2D eigenvalue weighted by molar-refractivity contribution is 5.93. The molecule has 3 heterocycles. The van der Waals surface area contributed by atoms with Crippen LogP contribution in [-0.2, 0) is 19.0 Å². The van der Waals surface area contributed by atoms with Crippen LogP contribution in [-0.4, -0.2) is 38.0 Å². The summed E-state index contributed by atoms with van der Waals surface area (Å²) in [6.45, 7) is 4.62. The average Bonchev–Trinajstić information content (AvgIpc) is 3.15. The molecule has 31 heavy (non-hydrogen) atoms. The van der Waals surface area contributed by atoms with Crippen LogP contribution in [0.1, 0.15) is 54.0 Å². The fourth-order valence-electron chi connectivity index (χ4n) is 4.84. The van der Waals surface area contributed by atoms with Crippen LogP contribution in [0, 0.1) is 5.92 Å². The minimum atomic E-state index is -4.61. The van der Waals surface area contributed by atoms with Crippen molar-refractivity contribution in [3.63, 3.8) is 0 Å². The molecule has 1 aromatic carbocycles. The first-order valence-electron chi connectivity index (χ1n) is 10.6. The van der Waals surface area contributed by atoms with E-state index in [-0.39, 0.29) is 35.3 Å². The Morgan fingerprint density at radius 2 is 1.90 bits per heavy atom. The van der Waals surface area contributed by atoms with Gasteiger partial charge in [0.2, 0.25) is 0 Å². The fourth-order valence-corrected chi connectivity index (χ4v) is 4.84. The Hall–Kier alpha value is -2.90. The van der Waals surface area contributed by atoms with Gasteiger partial charge in [0, 0.05) is 29.8 Å².